The molecule has 0 fully saturated rings. The molecular formula is C17H16N6OS2. The zero-order valence-corrected chi connectivity index (χ0v) is 15.8. The minimum absolute atomic E-state index is 0.703. The fourth-order valence-electron chi connectivity index (χ4n) is 2.44. The van der Waals surface area contributed by atoms with Crippen LogP contribution in [0.3, 0.4) is 0 Å². The van der Waals surface area contributed by atoms with Crippen molar-refractivity contribution in [3.05, 3.63) is 54.1 Å². The number of nitrogens with one attached hydrogen (secondary N) is 1. The number of rotatable bonds is 6. The minimum Gasteiger partial charge on any atom is -0.495 e. The molecule has 0 saturated carbocycles. The highest BCUT2D eigenvalue weighted by atomic mass is 32.2. The van der Waals surface area contributed by atoms with Gasteiger partial charge in [0.25, 0.3) is 0 Å². The molecule has 0 amide bonds. The van der Waals surface area contributed by atoms with E-state index in [0.717, 1.165) is 32.2 Å². The minimum atomic E-state index is 0.703. The van der Waals surface area contributed by atoms with Crippen LogP contribution in [0, 0.1) is 6.92 Å². The van der Waals surface area contributed by atoms with Crippen molar-refractivity contribution in [1.82, 2.24) is 24.6 Å². The van der Waals surface area contributed by atoms with Crippen molar-refractivity contribution in [2.45, 2.75) is 17.0 Å². The van der Waals surface area contributed by atoms with Crippen molar-refractivity contribution in [3.8, 4) is 5.75 Å². The van der Waals surface area contributed by atoms with E-state index in [0.29, 0.717) is 11.5 Å². The molecule has 7 nitrogen and oxygen atoms in total. The standard InChI is InChI=1S/C17H16N6OS2/c1-11-4-5-14(24-2)13(8-11)20-16-21-22-17(26-16)25-10-12-9-23-7-3-6-18-15(23)19-12/h3-9H,10H2,1-2H3,(H,20,21). The molecular weight excluding hydrogens is 368 g/mol. The summed E-state index contributed by atoms with van der Waals surface area (Å²) in [5, 5.41) is 12.5. The Morgan fingerprint density at radius 3 is 3.08 bits per heavy atom. The lowest BCUT2D eigenvalue weighted by Crippen LogP contribution is -1.94. The van der Waals surface area contributed by atoms with Crippen LogP contribution in [-0.4, -0.2) is 31.7 Å². The number of hydrogen-bond donors (Lipinski definition) is 1. The second-order valence-electron chi connectivity index (χ2n) is 5.55. The fourth-order valence-corrected chi connectivity index (χ4v) is 4.09. The number of ether oxygens (including phenoxy) is 1. The monoisotopic (exact) mass is 384 g/mol. The summed E-state index contributed by atoms with van der Waals surface area (Å²) in [5.41, 5.74) is 2.98. The zero-order valence-electron chi connectivity index (χ0n) is 14.2. The number of thioether (sulfide) groups is 1. The quantitative estimate of drug-likeness (QED) is 0.505. The van der Waals surface area contributed by atoms with Crippen LogP contribution in [0.4, 0.5) is 10.8 Å². The summed E-state index contributed by atoms with van der Waals surface area (Å²) in [6.07, 6.45) is 5.65. The lowest BCUT2D eigenvalue weighted by Gasteiger charge is -2.09. The molecule has 0 unspecified atom stereocenters. The van der Waals surface area contributed by atoms with Gasteiger partial charge in [0, 0.05) is 24.3 Å². The molecule has 3 heterocycles. The van der Waals surface area contributed by atoms with Gasteiger partial charge in [0.05, 0.1) is 18.5 Å². The van der Waals surface area contributed by atoms with Gasteiger partial charge in [0.15, 0.2) is 4.34 Å². The topological polar surface area (TPSA) is 77.2 Å². The Balaban J connectivity index is 1.44. The Morgan fingerprint density at radius 2 is 2.23 bits per heavy atom. The van der Waals surface area contributed by atoms with Gasteiger partial charge < -0.3 is 10.1 Å². The number of methoxy groups -OCH3 is 1. The van der Waals surface area contributed by atoms with Crippen molar-refractivity contribution in [3.63, 3.8) is 0 Å². The summed E-state index contributed by atoms with van der Waals surface area (Å²) in [5.74, 6) is 2.19. The van der Waals surface area contributed by atoms with Crippen molar-refractivity contribution >= 4 is 39.7 Å². The van der Waals surface area contributed by atoms with Crippen LogP contribution >= 0.6 is 23.1 Å². The molecule has 4 rings (SSSR count). The van der Waals surface area contributed by atoms with Crippen LogP contribution in [-0.2, 0) is 5.75 Å². The Labute approximate surface area is 158 Å². The number of aromatic nitrogens is 5. The van der Waals surface area contributed by atoms with Gasteiger partial charge in [-0.05, 0) is 30.7 Å². The normalized spacial score (nSPS) is 11.0. The molecule has 0 saturated heterocycles. The molecule has 0 aliphatic heterocycles. The van der Waals surface area contributed by atoms with Gasteiger partial charge in [-0.15, -0.1) is 10.2 Å². The fraction of sp³-hybridized carbons (Fsp3) is 0.176. The molecule has 1 N–H and O–H groups in total. The van der Waals surface area contributed by atoms with Gasteiger partial charge in [-0.1, -0.05) is 29.2 Å². The van der Waals surface area contributed by atoms with Gasteiger partial charge in [-0.25, -0.2) is 9.97 Å². The highest BCUT2D eigenvalue weighted by Gasteiger charge is 2.10. The van der Waals surface area contributed by atoms with E-state index in [1.807, 2.05) is 48.0 Å². The third kappa shape index (κ3) is 3.63. The van der Waals surface area contributed by atoms with Crippen molar-refractivity contribution in [2.75, 3.05) is 12.4 Å². The Bertz CT molecular complexity index is 1010. The second-order valence-corrected chi connectivity index (χ2v) is 7.75. The van der Waals surface area contributed by atoms with E-state index < -0.39 is 0 Å². The van der Waals surface area contributed by atoms with Gasteiger partial charge in [-0.3, -0.25) is 4.40 Å². The maximum absolute atomic E-state index is 5.39. The highest BCUT2D eigenvalue weighted by molar-refractivity contribution is 8.00. The average Bonchev–Trinajstić information content (AvgIpc) is 3.26. The maximum atomic E-state index is 5.39. The first-order valence-electron chi connectivity index (χ1n) is 7.88. The Hall–Kier alpha value is -2.65. The van der Waals surface area contributed by atoms with Gasteiger partial charge in [-0.2, -0.15) is 0 Å². The molecule has 4 aromatic rings. The van der Waals surface area contributed by atoms with Crippen LogP contribution in [0.15, 0.2) is 47.2 Å². The van der Waals surface area contributed by atoms with Crippen LogP contribution in [0.1, 0.15) is 11.3 Å². The van der Waals surface area contributed by atoms with Gasteiger partial charge >= 0.3 is 0 Å². The van der Waals surface area contributed by atoms with Crippen LogP contribution in [0.2, 0.25) is 0 Å². The summed E-state index contributed by atoms with van der Waals surface area (Å²) in [6, 6.07) is 7.85. The first-order chi connectivity index (χ1) is 12.7. The summed E-state index contributed by atoms with van der Waals surface area (Å²) in [4.78, 5) is 8.72. The molecule has 0 aliphatic rings. The predicted molar refractivity (Wildman–Crippen MR) is 103 cm³/mol. The van der Waals surface area contributed by atoms with E-state index in [9.17, 15) is 0 Å². The molecule has 9 heteroatoms. The summed E-state index contributed by atoms with van der Waals surface area (Å²) in [7, 11) is 1.65. The Morgan fingerprint density at radius 1 is 1.31 bits per heavy atom. The van der Waals surface area contributed by atoms with Crippen molar-refractivity contribution < 1.29 is 4.74 Å². The maximum Gasteiger partial charge on any atom is 0.233 e. The molecule has 0 spiro atoms. The summed E-state index contributed by atoms with van der Waals surface area (Å²) in [6.45, 7) is 2.04. The molecule has 0 bridgehead atoms. The summed E-state index contributed by atoms with van der Waals surface area (Å²) < 4.78 is 8.17. The van der Waals surface area contributed by atoms with E-state index in [-0.39, 0.29) is 0 Å². The van der Waals surface area contributed by atoms with Gasteiger partial charge in [0.1, 0.15) is 5.75 Å². The average molecular weight is 384 g/mol. The van der Waals surface area contributed by atoms with E-state index in [1.165, 1.54) is 11.3 Å². The SMILES string of the molecule is COc1ccc(C)cc1Nc1nnc(SCc2cn3cccnc3n2)s1. The van der Waals surface area contributed by atoms with E-state index in [1.54, 1.807) is 25.1 Å². The van der Waals surface area contributed by atoms with Crippen LogP contribution in [0.5, 0.6) is 5.75 Å². The van der Waals surface area contributed by atoms with Crippen molar-refractivity contribution in [2.24, 2.45) is 0 Å². The molecule has 0 aliphatic carbocycles. The molecule has 1 aromatic carbocycles. The number of benzene rings is 1. The number of fused-ring (bicyclic) bond motifs is 1. The molecule has 26 heavy (non-hydrogen) atoms. The lowest BCUT2D eigenvalue weighted by molar-refractivity contribution is 0.416. The number of anilines is 2. The molecule has 3 aromatic heterocycles. The first kappa shape index (κ1) is 16.8. The number of imidazole rings is 1. The highest BCUT2D eigenvalue weighted by Crippen LogP contribution is 2.33. The Kier molecular flexibility index (Phi) is 4.72. The smallest absolute Gasteiger partial charge is 0.233 e. The van der Waals surface area contributed by atoms with E-state index in [2.05, 4.69) is 25.5 Å². The first-order valence-corrected chi connectivity index (χ1v) is 9.68. The molecule has 0 radical (unpaired) electrons. The number of aryl methyl sites for hydroxylation is 1. The van der Waals surface area contributed by atoms with Crippen LogP contribution < -0.4 is 10.1 Å². The van der Waals surface area contributed by atoms with Crippen molar-refractivity contribution in [1.29, 1.82) is 0 Å². The van der Waals surface area contributed by atoms with E-state index >= 15 is 0 Å². The third-order valence-corrected chi connectivity index (χ3v) is 5.64. The lowest BCUT2D eigenvalue weighted by atomic mass is 10.2. The zero-order chi connectivity index (χ0) is 17.9. The second kappa shape index (κ2) is 7.30. The number of nitrogens with zero attached hydrogens (tertiary/aromatic N) is 5. The molecule has 0 atom stereocenters. The van der Waals surface area contributed by atoms with Gasteiger partial charge in [0.2, 0.25) is 10.9 Å². The summed E-state index contributed by atoms with van der Waals surface area (Å²) >= 11 is 3.11. The largest absolute Gasteiger partial charge is 0.495 e. The molecule has 132 valence electrons. The van der Waals surface area contributed by atoms with Crippen LogP contribution in [0.25, 0.3) is 5.78 Å². The number of hydrogen-bond acceptors (Lipinski definition) is 8. The van der Waals surface area contributed by atoms with E-state index in [4.69, 9.17) is 4.74 Å². The third-order valence-electron chi connectivity index (χ3n) is 3.63. The predicted octanol–water partition coefficient (Wildman–Crippen LogP) is 3.93.